The topological polar surface area (TPSA) is 61.3 Å². The SMILES string of the molecule is BC1(O)N(CC(=C)Nc2cc3cc(-c4cnc(C)s4)ccc3cn2)C2(C)CC2(C)CC1(C)C. The van der Waals surface area contributed by atoms with E-state index in [1.807, 2.05) is 27.2 Å². The van der Waals surface area contributed by atoms with Gasteiger partial charge in [0.1, 0.15) is 5.82 Å². The zero-order chi connectivity index (χ0) is 23.8. The Labute approximate surface area is 201 Å². The van der Waals surface area contributed by atoms with E-state index >= 15 is 0 Å². The minimum atomic E-state index is -0.916. The van der Waals surface area contributed by atoms with Crippen LogP contribution < -0.4 is 5.32 Å². The average Bonchev–Trinajstić information content (AvgIpc) is 3.04. The van der Waals surface area contributed by atoms with Crippen LogP contribution in [0.1, 0.15) is 45.5 Å². The van der Waals surface area contributed by atoms with Crippen LogP contribution >= 0.6 is 11.3 Å². The first kappa shape index (κ1) is 22.6. The Kier molecular flexibility index (Phi) is 4.88. The third-order valence-electron chi connectivity index (χ3n) is 8.43. The zero-order valence-corrected chi connectivity index (χ0v) is 21.3. The summed E-state index contributed by atoms with van der Waals surface area (Å²) in [5.41, 5.74) is 1.09. The lowest BCUT2D eigenvalue weighted by Crippen LogP contribution is -2.67. The molecule has 33 heavy (non-hydrogen) atoms. The van der Waals surface area contributed by atoms with Crippen LogP contribution in [0.25, 0.3) is 21.2 Å². The molecule has 2 fully saturated rings. The Balaban J connectivity index is 1.38. The zero-order valence-electron chi connectivity index (χ0n) is 20.5. The molecule has 1 aliphatic heterocycles. The maximum atomic E-state index is 11.6. The van der Waals surface area contributed by atoms with Crippen LogP contribution in [-0.4, -0.2) is 45.5 Å². The van der Waals surface area contributed by atoms with Crippen LogP contribution in [0.4, 0.5) is 5.82 Å². The number of likely N-dealkylation sites (tertiary alicyclic amines) is 1. The molecule has 2 aliphatic rings. The number of hydrogen-bond donors (Lipinski definition) is 2. The molecule has 1 saturated heterocycles. The van der Waals surface area contributed by atoms with E-state index < -0.39 is 5.62 Å². The monoisotopic (exact) mass is 460 g/mol. The van der Waals surface area contributed by atoms with Gasteiger partial charge in [0, 0.05) is 35.6 Å². The molecule has 5 rings (SSSR count). The highest BCUT2D eigenvalue weighted by Gasteiger charge is 2.73. The van der Waals surface area contributed by atoms with E-state index in [0.717, 1.165) is 45.7 Å². The molecule has 172 valence electrons. The maximum absolute atomic E-state index is 11.6. The molecule has 2 N–H and O–H groups in total. The third kappa shape index (κ3) is 3.52. The summed E-state index contributed by atoms with van der Waals surface area (Å²) in [5, 5.41) is 18.3. The largest absolute Gasteiger partial charge is 0.384 e. The van der Waals surface area contributed by atoms with Crippen molar-refractivity contribution in [2.24, 2.45) is 10.8 Å². The number of pyridine rings is 1. The maximum Gasteiger partial charge on any atom is 0.163 e. The molecule has 0 bridgehead atoms. The van der Waals surface area contributed by atoms with Gasteiger partial charge in [-0.1, -0.05) is 39.5 Å². The standard InChI is InChI=1S/C26H33BN4OS/c1-16(13-31-25(6)15-24(25,5)14-23(3,4)26(31,27)32)30-22-10-20-9-18(7-8-19(20)11-29-22)21-12-28-17(2)33-21/h7-12,32H,1,13-15,27H2,2-6H3,(H,29,30). The number of aliphatic hydroxyl groups is 1. The predicted octanol–water partition coefficient (Wildman–Crippen LogP) is 4.77. The summed E-state index contributed by atoms with van der Waals surface area (Å²) in [6.45, 7) is 15.9. The van der Waals surface area contributed by atoms with Gasteiger partial charge >= 0.3 is 0 Å². The van der Waals surface area contributed by atoms with Crippen LogP contribution in [0.5, 0.6) is 0 Å². The van der Waals surface area contributed by atoms with Gasteiger partial charge in [-0.25, -0.2) is 9.97 Å². The van der Waals surface area contributed by atoms with Crippen LogP contribution in [0.3, 0.4) is 0 Å². The predicted molar refractivity (Wildman–Crippen MR) is 140 cm³/mol. The Morgan fingerprint density at radius 1 is 1.15 bits per heavy atom. The molecule has 3 heterocycles. The molecular formula is C26H33BN4OS. The molecule has 0 amide bonds. The number of aryl methyl sites for hydroxylation is 1. The van der Waals surface area contributed by atoms with E-state index in [4.69, 9.17) is 0 Å². The highest BCUT2D eigenvalue weighted by molar-refractivity contribution is 7.15. The molecule has 1 saturated carbocycles. The number of thiazole rings is 1. The van der Waals surface area contributed by atoms with Gasteiger partial charge in [0.05, 0.1) is 15.5 Å². The number of fused-ring (bicyclic) bond motifs is 2. The van der Waals surface area contributed by atoms with Gasteiger partial charge < -0.3 is 10.4 Å². The normalized spacial score (nSPS) is 30.7. The first-order chi connectivity index (χ1) is 15.3. The number of nitrogens with zero attached hydrogens (tertiary/aromatic N) is 3. The second kappa shape index (κ2) is 7.14. The molecule has 0 radical (unpaired) electrons. The minimum Gasteiger partial charge on any atom is -0.384 e. The fraction of sp³-hybridized carbons (Fsp3) is 0.462. The van der Waals surface area contributed by atoms with Gasteiger partial charge in [-0.05, 0) is 60.6 Å². The number of rotatable bonds is 5. The van der Waals surface area contributed by atoms with E-state index in [0.29, 0.717) is 6.54 Å². The Morgan fingerprint density at radius 3 is 2.61 bits per heavy atom. The quantitative estimate of drug-likeness (QED) is 0.537. The molecular weight excluding hydrogens is 427 g/mol. The van der Waals surface area contributed by atoms with E-state index in [1.165, 1.54) is 4.88 Å². The number of aromatic nitrogens is 2. The fourth-order valence-corrected chi connectivity index (χ4v) is 6.75. The lowest BCUT2D eigenvalue weighted by Gasteiger charge is -2.57. The van der Waals surface area contributed by atoms with Crippen molar-refractivity contribution >= 4 is 35.8 Å². The van der Waals surface area contributed by atoms with Crippen molar-refractivity contribution < 1.29 is 5.11 Å². The lowest BCUT2D eigenvalue weighted by atomic mass is 9.60. The Bertz CT molecular complexity index is 1270. The minimum absolute atomic E-state index is 0.0186. The van der Waals surface area contributed by atoms with Crippen molar-refractivity contribution in [2.45, 2.75) is 58.6 Å². The third-order valence-corrected chi connectivity index (χ3v) is 9.39. The van der Waals surface area contributed by atoms with Crippen molar-refractivity contribution in [3.8, 4) is 10.4 Å². The second-order valence-corrected chi connectivity index (χ2v) is 12.5. The molecule has 7 heteroatoms. The molecule has 0 spiro atoms. The number of hydrogen-bond acceptors (Lipinski definition) is 6. The summed E-state index contributed by atoms with van der Waals surface area (Å²) in [6, 6.07) is 8.48. The molecule has 5 nitrogen and oxygen atoms in total. The molecule has 3 aromatic rings. The first-order valence-electron chi connectivity index (χ1n) is 11.6. The molecule has 1 aromatic carbocycles. The van der Waals surface area contributed by atoms with Crippen LogP contribution in [-0.2, 0) is 0 Å². The van der Waals surface area contributed by atoms with Gasteiger partial charge in [-0.3, -0.25) is 4.90 Å². The number of piperidine rings is 1. The van der Waals surface area contributed by atoms with Crippen molar-refractivity contribution in [3.63, 3.8) is 0 Å². The van der Waals surface area contributed by atoms with E-state index in [-0.39, 0.29) is 16.4 Å². The number of benzene rings is 1. The van der Waals surface area contributed by atoms with Crippen molar-refractivity contribution in [1.29, 1.82) is 0 Å². The number of anilines is 1. The first-order valence-corrected chi connectivity index (χ1v) is 12.4. The summed E-state index contributed by atoms with van der Waals surface area (Å²) in [4.78, 5) is 12.4. The Morgan fingerprint density at radius 2 is 1.91 bits per heavy atom. The highest BCUT2D eigenvalue weighted by Crippen LogP contribution is 2.70. The number of nitrogens with one attached hydrogen (secondary N) is 1. The summed E-state index contributed by atoms with van der Waals surface area (Å²) in [7, 11) is 1.96. The summed E-state index contributed by atoms with van der Waals surface area (Å²) in [6.07, 6.45) is 5.95. The molecule has 3 atom stereocenters. The Hall–Kier alpha value is -2.22. The summed E-state index contributed by atoms with van der Waals surface area (Å²) < 4.78 is 0. The van der Waals surface area contributed by atoms with E-state index in [2.05, 4.69) is 78.7 Å². The van der Waals surface area contributed by atoms with Gasteiger partial charge in [-0.15, -0.1) is 11.3 Å². The van der Waals surface area contributed by atoms with Crippen molar-refractivity contribution in [2.75, 3.05) is 11.9 Å². The average molecular weight is 460 g/mol. The molecule has 2 aromatic heterocycles. The van der Waals surface area contributed by atoms with Gasteiger partial charge in [0.2, 0.25) is 0 Å². The van der Waals surface area contributed by atoms with Gasteiger partial charge in [-0.2, -0.15) is 0 Å². The second-order valence-electron chi connectivity index (χ2n) is 11.3. The summed E-state index contributed by atoms with van der Waals surface area (Å²) in [5.74, 6) is 0.768. The van der Waals surface area contributed by atoms with E-state index in [9.17, 15) is 5.11 Å². The lowest BCUT2D eigenvalue weighted by molar-refractivity contribution is -0.176. The summed E-state index contributed by atoms with van der Waals surface area (Å²) >= 11 is 1.70. The smallest absolute Gasteiger partial charge is 0.163 e. The van der Waals surface area contributed by atoms with E-state index in [1.54, 1.807) is 11.3 Å². The highest BCUT2D eigenvalue weighted by atomic mass is 32.1. The van der Waals surface area contributed by atoms with Crippen LogP contribution in [0, 0.1) is 17.8 Å². The molecule has 3 unspecified atom stereocenters. The van der Waals surface area contributed by atoms with Crippen molar-refractivity contribution in [1.82, 2.24) is 14.9 Å². The van der Waals surface area contributed by atoms with Crippen molar-refractivity contribution in [3.05, 3.63) is 53.9 Å². The van der Waals surface area contributed by atoms with Crippen LogP contribution in [0.2, 0.25) is 0 Å². The fourth-order valence-electron chi connectivity index (χ4n) is 5.98. The van der Waals surface area contributed by atoms with Crippen LogP contribution in [0.15, 0.2) is 48.9 Å². The van der Waals surface area contributed by atoms with Gasteiger partial charge in [0.25, 0.3) is 0 Å². The van der Waals surface area contributed by atoms with Gasteiger partial charge in [0.15, 0.2) is 7.85 Å². The molecule has 1 aliphatic carbocycles.